The van der Waals surface area contributed by atoms with Gasteiger partial charge < -0.3 is 10.6 Å². The van der Waals surface area contributed by atoms with E-state index >= 15 is 0 Å². The van der Waals surface area contributed by atoms with Gasteiger partial charge in [0, 0.05) is 36.4 Å². The Morgan fingerprint density at radius 2 is 2.19 bits per heavy atom. The van der Waals surface area contributed by atoms with Gasteiger partial charge in [0.15, 0.2) is 0 Å². The van der Waals surface area contributed by atoms with Gasteiger partial charge in [0.2, 0.25) is 5.91 Å². The molecule has 0 bridgehead atoms. The van der Waals surface area contributed by atoms with Gasteiger partial charge >= 0.3 is 0 Å². The number of rotatable bonds is 4. The third-order valence-corrected chi connectivity index (χ3v) is 4.79. The topological polar surface area (TPSA) is 44.4 Å². The lowest BCUT2D eigenvalue weighted by atomic mass is 10.1. The van der Waals surface area contributed by atoms with Crippen LogP contribution in [0, 0.1) is 6.92 Å². The molecule has 2 aliphatic heterocycles. The molecule has 2 saturated heterocycles. The van der Waals surface area contributed by atoms with Crippen LogP contribution in [-0.4, -0.2) is 36.0 Å². The van der Waals surface area contributed by atoms with E-state index in [0.717, 1.165) is 11.4 Å². The minimum atomic E-state index is 0.0626. The third-order valence-electron chi connectivity index (χ3n) is 4.79. The van der Waals surface area contributed by atoms with Crippen LogP contribution in [0.2, 0.25) is 0 Å². The molecular weight excluding hydrogens is 262 g/mol. The zero-order valence-electron chi connectivity index (χ0n) is 13.0. The number of benzene rings is 1. The quantitative estimate of drug-likeness (QED) is 0.895. The number of hydrogen-bond donors (Lipinski definition) is 2. The van der Waals surface area contributed by atoms with Crippen LogP contribution in [0.1, 0.15) is 38.2 Å². The van der Waals surface area contributed by atoms with Crippen molar-refractivity contribution in [3.63, 3.8) is 0 Å². The second-order valence-corrected chi connectivity index (χ2v) is 6.22. The molecule has 2 atom stereocenters. The Kier molecular flexibility index (Phi) is 4.15. The number of carbonyl (C=O) groups is 1. The van der Waals surface area contributed by atoms with Crippen molar-refractivity contribution in [3.05, 3.63) is 23.8 Å². The van der Waals surface area contributed by atoms with Crippen molar-refractivity contribution in [2.45, 2.75) is 51.6 Å². The van der Waals surface area contributed by atoms with Gasteiger partial charge in [-0.05, 0) is 50.4 Å². The molecule has 3 rings (SSSR count). The lowest BCUT2D eigenvalue weighted by molar-refractivity contribution is -0.115. The van der Waals surface area contributed by atoms with E-state index in [1.165, 1.54) is 37.9 Å². The highest BCUT2D eigenvalue weighted by molar-refractivity contribution is 5.91. The van der Waals surface area contributed by atoms with E-state index in [1.54, 1.807) is 0 Å². The summed E-state index contributed by atoms with van der Waals surface area (Å²) in [6, 6.07) is 7.36. The summed E-state index contributed by atoms with van der Waals surface area (Å²) < 4.78 is 0. The molecule has 0 saturated carbocycles. The maximum absolute atomic E-state index is 11.5. The molecule has 0 aliphatic carbocycles. The highest BCUT2D eigenvalue weighted by atomic mass is 16.1. The monoisotopic (exact) mass is 287 g/mol. The molecule has 1 aromatic carbocycles. The summed E-state index contributed by atoms with van der Waals surface area (Å²) >= 11 is 0. The van der Waals surface area contributed by atoms with Crippen LogP contribution in [0.5, 0.6) is 0 Å². The largest absolute Gasteiger partial charge is 0.380 e. The summed E-state index contributed by atoms with van der Waals surface area (Å²) in [6.07, 6.45) is 4.36. The van der Waals surface area contributed by atoms with Gasteiger partial charge in [-0.2, -0.15) is 0 Å². The summed E-state index contributed by atoms with van der Waals surface area (Å²) in [4.78, 5) is 14.1. The van der Waals surface area contributed by atoms with Crippen LogP contribution in [0.3, 0.4) is 0 Å². The van der Waals surface area contributed by atoms with Crippen LogP contribution < -0.4 is 10.6 Å². The van der Waals surface area contributed by atoms with Crippen LogP contribution in [-0.2, 0) is 4.79 Å². The van der Waals surface area contributed by atoms with Crippen molar-refractivity contribution in [3.8, 4) is 0 Å². The molecule has 21 heavy (non-hydrogen) atoms. The van der Waals surface area contributed by atoms with Gasteiger partial charge in [0.1, 0.15) is 0 Å². The van der Waals surface area contributed by atoms with E-state index in [1.807, 2.05) is 13.0 Å². The minimum absolute atomic E-state index is 0.0626. The number of aryl methyl sites for hydroxylation is 1. The first-order valence-electron chi connectivity index (χ1n) is 8.08. The summed E-state index contributed by atoms with van der Waals surface area (Å²) in [6.45, 7) is 6.47. The molecule has 2 aliphatic rings. The lowest BCUT2D eigenvalue weighted by Gasteiger charge is -2.23. The van der Waals surface area contributed by atoms with E-state index in [0.29, 0.717) is 18.5 Å². The van der Waals surface area contributed by atoms with Gasteiger partial charge in [-0.15, -0.1) is 0 Å². The molecule has 0 radical (unpaired) electrons. The fourth-order valence-electron chi connectivity index (χ4n) is 3.56. The summed E-state index contributed by atoms with van der Waals surface area (Å²) in [7, 11) is 0. The molecule has 0 spiro atoms. The number of anilines is 2. The first kappa shape index (κ1) is 14.4. The van der Waals surface area contributed by atoms with Crippen LogP contribution in [0.4, 0.5) is 11.4 Å². The predicted molar refractivity (Wildman–Crippen MR) is 86.7 cm³/mol. The van der Waals surface area contributed by atoms with Gasteiger partial charge in [-0.3, -0.25) is 9.69 Å². The fourth-order valence-corrected chi connectivity index (χ4v) is 3.56. The highest BCUT2D eigenvalue weighted by Gasteiger charge is 2.37. The molecular formula is C17H25N3O. The van der Waals surface area contributed by atoms with E-state index in [9.17, 15) is 4.79 Å². The maximum Gasteiger partial charge on any atom is 0.224 e. The Bertz CT molecular complexity index is 529. The van der Waals surface area contributed by atoms with Crippen molar-refractivity contribution < 1.29 is 4.79 Å². The normalized spacial score (nSPS) is 24.9. The average Bonchev–Trinajstić information content (AvgIpc) is 3.07. The predicted octanol–water partition coefficient (Wildman–Crippen LogP) is 2.99. The minimum Gasteiger partial charge on any atom is -0.380 e. The van der Waals surface area contributed by atoms with E-state index in [4.69, 9.17) is 0 Å². The Balaban J connectivity index is 1.72. The first-order chi connectivity index (χ1) is 10.2. The van der Waals surface area contributed by atoms with Crippen molar-refractivity contribution in [2.24, 2.45) is 0 Å². The summed E-state index contributed by atoms with van der Waals surface area (Å²) in [5, 5.41) is 6.66. The second-order valence-electron chi connectivity index (χ2n) is 6.22. The van der Waals surface area contributed by atoms with Crippen molar-refractivity contribution in [1.82, 2.24) is 4.90 Å². The molecule has 1 amide bonds. The molecule has 1 aromatic rings. The zero-order chi connectivity index (χ0) is 14.8. The number of amides is 1. The standard InChI is InChI=1S/C17H25N3O/c1-3-17(21)18-13-7-6-12(2)15(11-13)19-14-8-10-20-9-4-5-16(14)20/h6-7,11,14,16,19H,3-5,8-10H2,1-2H3,(H,18,21). The average molecular weight is 287 g/mol. The van der Waals surface area contributed by atoms with Crippen LogP contribution in [0.25, 0.3) is 0 Å². The number of fused-ring (bicyclic) bond motifs is 1. The zero-order valence-corrected chi connectivity index (χ0v) is 13.0. The van der Waals surface area contributed by atoms with Gasteiger partial charge in [-0.1, -0.05) is 13.0 Å². The smallest absolute Gasteiger partial charge is 0.224 e. The third kappa shape index (κ3) is 3.05. The molecule has 2 heterocycles. The molecule has 4 heteroatoms. The van der Waals surface area contributed by atoms with Gasteiger partial charge in [-0.25, -0.2) is 0 Å². The van der Waals surface area contributed by atoms with Gasteiger partial charge in [0.25, 0.3) is 0 Å². The van der Waals surface area contributed by atoms with Gasteiger partial charge in [0.05, 0.1) is 0 Å². The van der Waals surface area contributed by atoms with E-state index < -0.39 is 0 Å². The van der Waals surface area contributed by atoms with Crippen molar-refractivity contribution in [1.29, 1.82) is 0 Å². The maximum atomic E-state index is 11.5. The van der Waals surface area contributed by atoms with E-state index in [-0.39, 0.29) is 5.91 Å². The molecule has 2 unspecified atom stereocenters. The Labute approximate surface area is 126 Å². The number of nitrogens with zero attached hydrogens (tertiary/aromatic N) is 1. The Morgan fingerprint density at radius 3 is 3.00 bits per heavy atom. The highest BCUT2D eigenvalue weighted by Crippen LogP contribution is 2.31. The molecule has 0 aromatic heterocycles. The van der Waals surface area contributed by atoms with Crippen LogP contribution >= 0.6 is 0 Å². The fraction of sp³-hybridized carbons (Fsp3) is 0.588. The first-order valence-corrected chi connectivity index (χ1v) is 8.08. The Morgan fingerprint density at radius 1 is 1.33 bits per heavy atom. The SMILES string of the molecule is CCC(=O)Nc1ccc(C)c(NC2CCN3CCCC23)c1. The van der Waals surface area contributed by atoms with E-state index in [2.05, 4.69) is 34.6 Å². The number of carbonyl (C=O) groups excluding carboxylic acids is 1. The lowest BCUT2D eigenvalue weighted by Crippen LogP contribution is -2.33. The summed E-state index contributed by atoms with van der Waals surface area (Å²) in [5.41, 5.74) is 3.28. The van der Waals surface area contributed by atoms with Crippen molar-refractivity contribution >= 4 is 17.3 Å². The van der Waals surface area contributed by atoms with Crippen molar-refractivity contribution in [2.75, 3.05) is 23.7 Å². The molecule has 2 N–H and O–H groups in total. The number of hydrogen-bond acceptors (Lipinski definition) is 3. The molecule has 4 nitrogen and oxygen atoms in total. The molecule has 114 valence electrons. The summed E-state index contributed by atoms with van der Waals surface area (Å²) in [5.74, 6) is 0.0626. The molecule has 2 fully saturated rings. The Hall–Kier alpha value is -1.55. The number of nitrogens with one attached hydrogen (secondary N) is 2. The van der Waals surface area contributed by atoms with Crippen LogP contribution in [0.15, 0.2) is 18.2 Å². The second kappa shape index (κ2) is 6.06.